The van der Waals surface area contributed by atoms with Gasteiger partial charge in [-0.05, 0) is 25.5 Å². The maximum atomic E-state index is 12.9. The number of likely N-dealkylation sites (N-methyl/N-ethyl adjacent to an activating group) is 1. The molecule has 0 saturated heterocycles. The summed E-state index contributed by atoms with van der Waals surface area (Å²) in [6.07, 6.45) is 0.0757. The second kappa shape index (κ2) is 6.96. The fourth-order valence-electron chi connectivity index (χ4n) is 1.32. The number of aliphatic hydroxyl groups is 1. The Hall–Kier alpha value is -1.62. The molecule has 0 bridgehead atoms. The quantitative estimate of drug-likeness (QED) is 0.836. The Bertz CT molecular complexity index is 396. The number of nitrogens with zero attached hydrogens (tertiary/aromatic N) is 1. The van der Waals surface area contributed by atoms with Crippen LogP contribution >= 0.6 is 0 Å². The van der Waals surface area contributed by atoms with Crippen molar-refractivity contribution in [3.63, 3.8) is 0 Å². The normalized spacial score (nSPS) is 12.0. The van der Waals surface area contributed by atoms with E-state index in [0.29, 0.717) is 18.7 Å². The van der Waals surface area contributed by atoms with Gasteiger partial charge in [-0.3, -0.25) is 4.79 Å². The zero-order chi connectivity index (χ0) is 13.5. The van der Waals surface area contributed by atoms with Crippen molar-refractivity contribution in [2.75, 3.05) is 20.2 Å². The van der Waals surface area contributed by atoms with E-state index in [1.807, 2.05) is 0 Å². The summed E-state index contributed by atoms with van der Waals surface area (Å²) in [7, 11) is 1.64. The zero-order valence-electron chi connectivity index (χ0n) is 10.6. The van der Waals surface area contributed by atoms with E-state index in [1.54, 1.807) is 20.0 Å². The molecule has 0 heterocycles. The highest BCUT2D eigenvalue weighted by Crippen LogP contribution is 2.11. The number of aliphatic hydroxyl groups excluding tert-OH is 1. The van der Waals surface area contributed by atoms with Gasteiger partial charge in [0.15, 0.2) is 6.61 Å². The molecule has 1 unspecified atom stereocenters. The third kappa shape index (κ3) is 5.14. The minimum Gasteiger partial charge on any atom is -0.484 e. The van der Waals surface area contributed by atoms with Crippen LogP contribution in [0.2, 0.25) is 0 Å². The number of carbonyl (C=O) groups excluding carboxylic acids is 1. The Morgan fingerprint density at radius 2 is 2.28 bits per heavy atom. The number of hydrogen-bond acceptors (Lipinski definition) is 3. The number of halogens is 1. The van der Waals surface area contributed by atoms with Crippen LogP contribution < -0.4 is 4.74 Å². The Kier molecular flexibility index (Phi) is 5.58. The van der Waals surface area contributed by atoms with Gasteiger partial charge in [0.1, 0.15) is 11.6 Å². The van der Waals surface area contributed by atoms with Crippen LogP contribution in [-0.4, -0.2) is 42.2 Å². The maximum Gasteiger partial charge on any atom is 0.260 e. The van der Waals surface area contributed by atoms with Gasteiger partial charge >= 0.3 is 0 Å². The third-order valence-corrected chi connectivity index (χ3v) is 2.47. The van der Waals surface area contributed by atoms with Crippen molar-refractivity contribution in [2.24, 2.45) is 0 Å². The SMILES string of the molecule is CC(O)CCN(C)C(=O)COc1cccc(F)c1. The topological polar surface area (TPSA) is 49.8 Å². The second-order valence-electron chi connectivity index (χ2n) is 4.20. The van der Waals surface area contributed by atoms with E-state index in [-0.39, 0.29) is 12.5 Å². The van der Waals surface area contributed by atoms with Crippen molar-refractivity contribution in [1.29, 1.82) is 0 Å². The van der Waals surface area contributed by atoms with E-state index >= 15 is 0 Å². The largest absolute Gasteiger partial charge is 0.484 e. The van der Waals surface area contributed by atoms with Crippen molar-refractivity contribution >= 4 is 5.91 Å². The van der Waals surface area contributed by atoms with Crippen molar-refractivity contribution < 1.29 is 19.0 Å². The van der Waals surface area contributed by atoms with Crippen LogP contribution in [0.15, 0.2) is 24.3 Å². The van der Waals surface area contributed by atoms with Crippen LogP contribution in [0.3, 0.4) is 0 Å². The lowest BCUT2D eigenvalue weighted by atomic mass is 10.3. The predicted molar refractivity (Wildman–Crippen MR) is 65.8 cm³/mol. The van der Waals surface area contributed by atoms with E-state index in [4.69, 9.17) is 9.84 Å². The Labute approximate surface area is 106 Å². The van der Waals surface area contributed by atoms with Crippen molar-refractivity contribution in [3.05, 3.63) is 30.1 Å². The van der Waals surface area contributed by atoms with Gasteiger partial charge in [0.05, 0.1) is 6.10 Å². The molecule has 1 amide bonds. The smallest absolute Gasteiger partial charge is 0.260 e. The monoisotopic (exact) mass is 255 g/mol. The van der Waals surface area contributed by atoms with Gasteiger partial charge in [-0.15, -0.1) is 0 Å². The fraction of sp³-hybridized carbons (Fsp3) is 0.462. The molecule has 1 atom stereocenters. The maximum absolute atomic E-state index is 12.9. The highest BCUT2D eigenvalue weighted by Gasteiger charge is 2.10. The van der Waals surface area contributed by atoms with Crippen LogP contribution in [-0.2, 0) is 4.79 Å². The summed E-state index contributed by atoms with van der Waals surface area (Å²) in [5.74, 6) is -0.283. The molecule has 0 aliphatic rings. The van der Waals surface area contributed by atoms with Crippen molar-refractivity contribution in [2.45, 2.75) is 19.4 Å². The van der Waals surface area contributed by atoms with Gasteiger partial charge in [-0.2, -0.15) is 0 Å². The third-order valence-electron chi connectivity index (χ3n) is 2.47. The molecule has 4 nitrogen and oxygen atoms in total. The lowest BCUT2D eigenvalue weighted by Crippen LogP contribution is -2.33. The number of benzene rings is 1. The number of carbonyl (C=O) groups is 1. The van der Waals surface area contributed by atoms with Gasteiger partial charge < -0.3 is 14.7 Å². The van der Waals surface area contributed by atoms with E-state index < -0.39 is 11.9 Å². The first-order chi connectivity index (χ1) is 8.49. The minimum absolute atomic E-state index is 0.139. The van der Waals surface area contributed by atoms with E-state index in [1.165, 1.54) is 23.1 Å². The van der Waals surface area contributed by atoms with Crippen molar-refractivity contribution in [3.8, 4) is 5.75 Å². The van der Waals surface area contributed by atoms with Crippen LogP contribution in [0.1, 0.15) is 13.3 Å². The predicted octanol–water partition coefficient (Wildman–Crippen LogP) is 1.43. The average molecular weight is 255 g/mol. The number of amides is 1. The molecular formula is C13H18FNO3. The minimum atomic E-state index is -0.440. The highest BCUT2D eigenvalue weighted by atomic mass is 19.1. The molecule has 1 N–H and O–H groups in total. The number of rotatable bonds is 6. The average Bonchev–Trinajstić information content (AvgIpc) is 2.33. The first-order valence-corrected chi connectivity index (χ1v) is 5.79. The highest BCUT2D eigenvalue weighted by molar-refractivity contribution is 5.77. The molecule has 0 spiro atoms. The molecule has 0 radical (unpaired) electrons. The molecule has 18 heavy (non-hydrogen) atoms. The molecular weight excluding hydrogens is 237 g/mol. The summed E-state index contributed by atoms with van der Waals surface area (Å²) in [4.78, 5) is 13.1. The summed E-state index contributed by atoms with van der Waals surface area (Å²) in [5.41, 5.74) is 0. The van der Waals surface area contributed by atoms with Gasteiger partial charge in [0.25, 0.3) is 5.91 Å². The van der Waals surface area contributed by atoms with Crippen LogP contribution in [0.25, 0.3) is 0 Å². The summed E-state index contributed by atoms with van der Waals surface area (Å²) >= 11 is 0. The van der Waals surface area contributed by atoms with Gasteiger partial charge in [-0.1, -0.05) is 6.07 Å². The standard InChI is InChI=1S/C13H18FNO3/c1-10(16)6-7-15(2)13(17)9-18-12-5-3-4-11(14)8-12/h3-5,8,10,16H,6-7,9H2,1-2H3. The first kappa shape index (κ1) is 14.4. The summed E-state index contributed by atoms with van der Waals surface area (Å²) in [5, 5.41) is 9.11. The Morgan fingerprint density at radius 3 is 2.89 bits per heavy atom. The molecule has 1 rings (SSSR count). The molecule has 5 heteroatoms. The molecule has 0 saturated carbocycles. The lowest BCUT2D eigenvalue weighted by Gasteiger charge is -2.18. The van der Waals surface area contributed by atoms with Gasteiger partial charge in [-0.25, -0.2) is 4.39 Å². The van der Waals surface area contributed by atoms with Crippen LogP contribution in [0.4, 0.5) is 4.39 Å². The molecule has 0 aliphatic carbocycles. The Balaban J connectivity index is 2.36. The molecule has 1 aromatic rings. The molecule has 100 valence electrons. The summed E-state index contributed by atoms with van der Waals surface area (Å²) in [6, 6.07) is 5.64. The van der Waals surface area contributed by atoms with E-state index in [2.05, 4.69) is 0 Å². The van der Waals surface area contributed by atoms with Gasteiger partial charge in [0, 0.05) is 19.7 Å². The molecule has 0 aliphatic heterocycles. The number of hydrogen-bond donors (Lipinski definition) is 1. The zero-order valence-corrected chi connectivity index (χ0v) is 10.6. The second-order valence-corrected chi connectivity index (χ2v) is 4.20. The fourth-order valence-corrected chi connectivity index (χ4v) is 1.32. The Morgan fingerprint density at radius 1 is 1.56 bits per heavy atom. The molecule has 0 fully saturated rings. The molecule has 1 aromatic carbocycles. The van der Waals surface area contributed by atoms with E-state index in [0.717, 1.165) is 0 Å². The van der Waals surface area contributed by atoms with Crippen molar-refractivity contribution in [1.82, 2.24) is 4.90 Å². The van der Waals surface area contributed by atoms with Crippen LogP contribution in [0.5, 0.6) is 5.75 Å². The molecule has 0 aromatic heterocycles. The van der Waals surface area contributed by atoms with Crippen LogP contribution in [0, 0.1) is 5.82 Å². The van der Waals surface area contributed by atoms with Gasteiger partial charge in [0.2, 0.25) is 0 Å². The number of ether oxygens (including phenoxy) is 1. The van der Waals surface area contributed by atoms with E-state index in [9.17, 15) is 9.18 Å². The summed E-state index contributed by atoms with van der Waals surface area (Å²) in [6.45, 7) is 1.99. The lowest BCUT2D eigenvalue weighted by molar-refractivity contribution is -0.132. The summed E-state index contributed by atoms with van der Waals surface area (Å²) < 4.78 is 18.0. The first-order valence-electron chi connectivity index (χ1n) is 5.79.